The smallest absolute Gasteiger partial charge is 0.349 e. The first-order valence-electron chi connectivity index (χ1n) is 6.16. The van der Waals surface area contributed by atoms with Crippen LogP contribution in [0, 0.1) is 5.92 Å². The summed E-state index contributed by atoms with van der Waals surface area (Å²) in [4.78, 5) is 26.8. The maximum absolute atomic E-state index is 11.6. The van der Waals surface area contributed by atoms with E-state index >= 15 is 0 Å². The summed E-state index contributed by atoms with van der Waals surface area (Å²) in [6, 6.07) is 0. The molecule has 1 N–H and O–H groups in total. The molecule has 1 saturated carbocycles. The van der Waals surface area contributed by atoms with Crippen molar-refractivity contribution in [3.05, 3.63) is 0 Å². The highest BCUT2D eigenvalue weighted by atomic mass is 16.5. The molecule has 6 nitrogen and oxygen atoms in total. The Morgan fingerprint density at radius 2 is 2.56 bits per heavy atom. The maximum atomic E-state index is 11.6. The van der Waals surface area contributed by atoms with Gasteiger partial charge in [0.25, 0.3) is 0 Å². The summed E-state index contributed by atoms with van der Waals surface area (Å²) in [5.74, 6) is -1.45. The summed E-state index contributed by atoms with van der Waals surface area (Å²) in [6.07, 6.45) is 2.16. The van der Waals surface area contributed by atoms with Crippen molar-refractivity contribution in [2.75, 3.05) is 13.2 Å². The van der Waals surface area contributed by atoms with Crippen LogP contribution in [0.4, 0.5) is 0 Å². The van der Waals surface area contributed by atoms with Crippen molar-refractivity contribution in [2.45, 2.75) is 37.8 Å². The van der Waals surface area contributed by atoms with Gasteiger partial charge in [-0.2, -0.15) is 0 Å². The molecule has 18 heavy (non-hydrogen) atoms. The van der Waals surface area contributed by atoms with E-state index in [9.17, 15) is 14.7 Å². The lowest BCUT2D eigenvalue weighted by Gasteiger charge is -2.34. The van der Waals surface area contributed by atoms with E-state index in [4.69, 9.17) is 9.47 Å². The Balaban J connectivity index is 2.14. The number of rotatable bonds is 3. The first-order chi connectivity index (χ1) is 8.59. The van der Waals surface area contributed by atoms with Gasteiger partial charge in [-0.1, -0.05) is 6.42 Å². The summed E-state index contributed by atoms with van der Waals surface area (Å²) in [6.45, 7) is 2.05. The van der Waals surface area contributed by atoms with E-state index in [1.165, 1.54) is 0 Å². The number of esters is 2. The minimum absolute atomic E-state index is 0.128. The van der Waals surface area contributed by atoms with Crippen LogP contribution in [0.25, 0.3) is 0 Å². The molecule has 100 valence electrons. The number of aliphatic hydroxyl groups is 1. The van der Waals surface area contributed by atoms with Crippen LogP contribution in [-0.2, 0) is 19.1 Å². The Kier molecular flexibility index (Phi) is 3.65. The molecule has 1 aliphatic heterocycles. The minimum atomic E-state index is -1.21. The quantitative estimate of drug-likeness (QED) is 0.722. The second-order valence-electron chi connectivity index (χ2n) is 4.67. The second kappa shape index (κ2) is 5.06. The summed E-state index contributed by atoms with van der Waals surface area (Å²) in [5, 5.41) is 10.0. The fourth-order valence-electron chi connectivity index (χ4n) is 2.72. The molecular weight excluding hydrogens is 238 g/mol. The van der Waals surface area contributed by atoms with Crippen LogP contribution in [0.1, 0.15) is 26.2 Å². The number of hydrogen-bond acceptors (Lipinski definition) is 6. The standard InChI is InChI=1S/C12H17NO5/c1-2-17-11(16)10(15)8-4-3-5-12(8)7-18-9(14)6-13-12/h6,8,10,15H,2-5,7H2,1H3/t8-,10+,12+/m1/s1. The van der Waals surface area contributed by atoms with E-state index in [1.807, 2.05) is 0 Å². The maximum Gasteiger partial charge on any atom is 0.349 e. The van der Waals surface area contributed by atoms with Gasteiger partial charge in [0, 0.05) is 5.92 Å². The van der Waals surface area contributed by atoms with Crippen molar-refractivity contribution in [3.8, 4) is 0 Å². The molecule has 0 unspecified atom stereocenters. The Bertz CT molecular complexity index is 381. The Labute approximate surface area is 105 Å². The van der Waals surface area contributed by atoms with Gasteiger partial charge in [-0.05, 0) is 19.8 Å². The first kappa shape index (κ1) is 13.0. The molecule has 0 aromatic rings. The Hall–Kier alpha value is -1.43. The van der Waals surface area contributed by atoms with Crippen molar-refractivity contribution < 1.29 is 24.2 Å². The average Bonchev–Trinajstić information content (AvgIpc) is 2.76. The average molecular weight is 255 g/mol. The second-order valence-corrected chi connectivity index (χ2v) is 4.67. The van der Waals surface area contributed by atoms with Crippen molar-refractivity contribution >= 4 is 18.2 Å². The van der Waals surface area contributed by atoms with Crippen LogP contribution >= 0.6 is 0 Å². The highest BCUT2D eigenvalue weighted by Gasteiger charge is 2.50. The number of aliphatic imine (C=N–C) groups is 1. The van der Waals surface area contributed by atoms with Crippen molar-refractivity contribution in [2.24, 2.45) is 10.9 Å². The zero-order valence-electron chi connectivity index (χ0n) is 10.3. The first-order valence-corrected chi connectivity index (χ1v) is 6.16. The number of ether oxygens (including phenoxy) is 2. The predicted molar refractivity (Wildman–Crippen MR) is 62.2 cm³/mol. The molecule has 0 radical (unpaired) electrons. The zero-order chi connectivity index (χ0) is 13.2. The van der Waals surface area contributed by atoms with Gasteiger partial charge in [0.2, 0.25) is 0 Å². The van der Waals surface area contributed by atoms with E-state index in [2.05, 4.69) is 4.99 Å². The van der Waals surface area contributed by atoms with Gasteiger partial charge in [0.1, 0.15) is 18.4 Å². The van der Waals surface area contributed by atoms with Gasteiger partial charge in [-0.3, -0.25) is 4.99 Å². The van der Waals surface area contributed by atoms with E-state index < -0.39 is 23.6 Å². The van der Waals surface area contributed by atoms with E-state index in [0.29, 0.717) is 12.8 Å². The van der Waals surface area contributed by atoms with Gasteiger partial charge >= 0.3 is 11.9 Å². The lowest BCUT2D eigenvalue weighted by atomic mass is 9.83. The largest absolute Gasteiger partial charge is 0.464 e. The molecule has 0 aromatic carbocycles. The molecule has 1 fully saturated rings. The monoisotopic (exact) mass is 255 g/mol. The molecule has 1 aliphatic carbocycles. The number of carbonyl (C=O) groups excluding carboxylic acids is 2. The molecule has 1 heterocycles. The van der Waals surface area contributed by atoms with Crippen LogP contribution in [0.15, 0.2) is 4.99 Å². The molecule has 1 spiro atoms. The highest BCUT2D eigenvalue weighted by Crippen LogP contribution is 2.42. The molecule has 0 bridgehead atoms. The Morgan fingerprint density at radius 1 is 1.78 bits per heavy atom. The van der Waals surface area contributed by atoms with Crippen LogP contribution in [0.5, 0.6) is 0 Å². The topological polar surface area (TPSA) is 85.2 Å². The van der Waals surface area contributed by atoms with E-state index in [1.54, 1.807) is 6.92 Å². The molecule has 0 aromatic heterocycles. The van der Waals surface area contributed by atoms with Crippen molar-refractivity contribution in [3.63, 3.8) is 0 Å². The predicted octanol–water partition coefficient (Wildman–Crippen LogP) is 0.0769. The summed E-state index contributed by atoms with van der Waals surface area (Å²) in [5.41, 5.74) is -0.653. The minimum Gasteiger partial charge on any atom is -0.464 e. The normalized spacial score (nSPS) is 32.3. The zero-order valence-corrected chi connectivity index (χ0v) is 10.3. The number of nitrogens with zero attached hydrogens (tertiary/aromatic N) is 1. The summed E-state index contributed by atoms with van der Waals surface area (Å²) >= 11 is 0. The van der Waals surface area contributed by atoms with E-state index in [0.717, 1.165) is 12.6 Å². The molecule has 2 aliphatic rings. The van der Waals surface area contributed by atoms with Gasteiger partial charge in [-0.25, -0.2) is 9.59 Å². The molecule has 0 amide bonds. The third kappa shape index (κ3) is 2.25. The molecule has 2 rings (SSSR count). The summed E-state index contributed by atoms with van der Waals surface area (Å²) in [7, 11) is 0. The summed E-state index contributed by atoms with van der Waals surface area (Å²) < 4.78 is 9.81. The fourth-order valence-corrected chi connectivity index (χ4v) is 2.72. The number of cyclic esters (lactones) is 1. The van der Waals surface area contributed by atoms with Gasteiger partial charge in [0.05, 0.1) is 6.61 Å². The van der Waals surface area contributed by atoms with Crippen LogP contribution < -0.4 is 0 Å². The highest BCUT2D eigenvalue weighted by molar-refractivity contribution is 6.23. The van der Waals surface area contributed by atoms with Crippen molar-refractivity contribution in [1.29, 1.82) is 0 Å². The van der Waals surface area contributed by atoms with Gasteiger partial charge < -0.3 is 14.6 Å². The molecular formula is C12H17NO5. The lowest BCUT2D eigenvalue weighted by molar-refractivity contribution is -0.158. The van der Waals surface area contributed by atoms with Crippen LogP contribution in [0.2, 0.25) is 0 Å². The molecule has 0 saturated heterocycles. The lowest BCUT2D eigenvalue weighted by Crippen LogP contribution is -2.48. The molecule has 6 heteroatoms. The van der Waals surface area contributed by atoms with Crippen LogP contribution in [0.3, 0.4) is 0 Å². The Morgan fingerprint density at radius 3 is 3.17 bits per heavy atom. The fraction of sp³-hybridized carbons (Fsp3) is 0.750. The van der Waals surface area contributed by atoms with Crippen LogP contribution in [-0.4, -0.2) is 48.1 Å². The SMILES string of the molecule is CCOC(=O)[C@@H](O)[C@H]1CCC[C@]12COC(=O)C=N2. The number of hydrogen-bond donors (Lipinski definition) is 1. The van der Waals surface area contributed by atoms with Gasteiger partial charge in [0.15, 0.2) is 6.10 Å². The van der Waals surface area contributed by atoms with Gasteiger partial charge in [-0.15, -0.1) is 0 Å². The third-order valence-corrected chi connectivity index (χ3v) is 3.62. The third-order valence-electron chi connectivity index (χ3n) is 3.62. The number of aliphatic hydroxyl groups excluding tert-OH is 1. The molecule has 3 atom stereocenters. The van der Waals surface area contributed by atoms with E-state index in [-0.39, 0.29) is 19.1 Å². The number of carbonyl (C=O) groups is 2. The van der Waals surface area contributed by atoms with Crippen molar-refractivity contribution in [1.82, 2.24) is 0 Å².